The number of hydrogen-bond donors (Lipinski definition) is 1. The Kier molecular flexibility index (Phi) is 6.03. The first-order valence-corrected chi connectivity index (χ1v) is 7.53. The van der Waals surface area contributed by atoms with E-state index in [2.05, 4.69) is 17.4 Å². The molecule has 2 atom stereocenters. The lowest BCUT2D eigenvalue weighted by molar-refractivity contribution is -0.141. The summed E-state index contributed by atoms with van der Waals surface area (Å²) in [6.45, 7) is 2.96. The van der Waals surface area contributed by atoms with Crippen LogP contribution in [0.1, 0.15) is 30.9 Å². The summed E-state index contributed by atoms with van der Waals surface area (Å²) >= 11 is 0. The first-order valence-electron chi connectivity index (χ1n) is 7.53. The molecule has 2 aliphatic rings. The van der Waals surface area contributed by atoms with Crippen molar-refractivity contribution in [2.45, 2.75) is 31.4 Å². The fourth-order valence-corrected chi connectivity index (χ4v) is 3.00. The van der Waals surface area contributed by atoms with Crippen molar-refractivity contribution in [2.24, 2.45) is 0 Å². The Bertz CT molecular complexity index is 449. The van der Waals surface area contributed by atoms with Gasteiger partial charge in [0.05, 0.1) is 19.2 Å². The average Bonchev–Trinajstić information content (AvgIpc) is 2.56. The van der Waals surface area contributed by atoms with Crippen LogP contribution in [0.25, 0.3) is 0 Å². The van der Waals surface area contributed by atoms with Crippen molar-refractivity contribution < 1.29 is 9.53 Å². The summed E-state index contributed by atoms with van der Waals surface area (Å²) in [5, 5.41) is 3.34. The normalized spacial score (nSPS) is 26.0. The zero-order valence-corrected chi connectivity index (χ0v) is 13.0. The molecule has 0 aromatic heterocycles. The van der Waals surface area contributed by atoms with Gasteiger partial charge in [-0.3, -0.25) is 4.79 Å². The Morgan fingerprint density at radius 3 is 2.76 bits per heavy atom. The molecule has 0 bridgehead atoms. The van der Waals surface area contributed by atoms with Gasteiger partial charge in [0.25, 0.3) is 0 Å². The van der Waals surface area contributed by atoms with E-state index in [0.29, 0.717) is 19.7 Å². The molecule has 21 heavy (non-hydrogen) atoms. The second kappa shape index (κ2) is 7.78. The third kappa shape index (κ3) is 3.96. The van der Waals surface area contributed by atoms with Gasteiger partial charge in [0, 0.05) is 6.54 Å². The van der Waals surface area contributed by atoms with Crippen LogP contribution >= 0.6 is 12.4 Å². The van der Waals surface area contributed by atoms with Crippen molar-refractivity contribution in [1.82, 2.24) is 10.2 Å². The summed E-state index contributed by atoms with van der Waals surface area (Å²) < 4.78 is 5.82. The van der Waals surface area contributed by atoms with Gasteiger partial charge in [0.1, 0.15) is 6.10 Å². The lowest BCUT2D eigenvalue weighted by Crippen LogP contribution is -2.52. The fraction of sp³-hybridized carbons (Fsp3) is 0.562. The van der Waals surface area contributed by atoms with Gasteiger partial charge in [0.15, 0.2) is 0 Å². The highest BCUT2D eigenvalue weighted by molar-refractivity contribution is 5.85. The van der Waals surface area contributed by atoms with E-state index in [-0.39, 0.29) is 30.5 Å². The Labute approximate surface area is 132 Å². The number of carbonyl (C=O) groups excluding carboxylic acids is 1. The van der Waals surface area contributed by atoms with Crippen molar-refractivity contribution in [1.29, 1.82) is 0 Å². The first kappa shape index (κ1) is 16.3. The largest absolute Gasteiger partial charge is 0.370 e. The molecule has 0 saturated carbocycles. The lowest BCUT2D eigenvalue weighted by Gasteiger charge is -2.36. The minimum atomic E-state index is 0. The third-order valence-electron chi connectivity index (χ3n) is 4.16. The maximum absolute atomic E-state index is 12.5. The number of rotatable bonds is 2. The van der Waals surface area contributed by atoms with E-state index in [4.69, 9.17) is 4.74 Å². The molecule has 2 saturated heterocycles. The number of ether oxygens (including phenoxy) is 1. The quantitative estimate of drug-likeness (QED) is 0.910. The zero-order chi connectivity index (χ0) is 13.8. The molecule has 2 heterocycles. The standard InChI is InChI=1S/C16H22N2O2.ClH/c19-16(14-8-4-5-9-17-14)18-10-11-20-15(12-18)13-6-2-1-3-7-13;/h1-3,6-7,14-15,17H,4-5,8-12H2;1H. The topological polar surface area (TPSA) is 41.6 Å². The van der Waals surface area contributed by atoms with Crippen molar-refractivity contribution in [3.8, 4) is 0 Å². The molecule has 0 radical (unpaired) electrons. The Hall–Kier alpha value is -1.10. The summed E-state index contributed by atoms with van der Waals surface area (Å²) in [6, 6.07) is 10.2. The number of nitrogens with zero attached hydrogens (tertiary/aromatic N) is 1. The number of hydrogen-bond acceptors (Lipinski definition) is 3. The Morgan fingerprint density at radius 2 is 2.05 bits per heavy atom. The highest BCUT2D eigenvalue weighted by Crippen LogP contribution is 2.23. The molecule has 0 spiro atoms. The van der Waals surface area contributed by atoms with E-state index in [1.54, 1.807) is 0 Å². The van der Waals surface area contributed by atoms with Gasteiger partial charge in [-0.05, 0) is 24.9 Å². The highest BCUT2D eigenvalue weighted by atomic mass is 35.5. The van der Waals surface area contributed by atoms with Gasteiger partial charge < -0.3 is 15.0 Å². The zero-order valence-electron chi connectivity index (χ0n) is 12.2. The summed E-state index contributed by atoms with van der Waals surface area (Å²) in [5.74, 6) is 0.244. The number of amides is 1. The highest BCUT2D eigenvalue weighted by Gasteiger charge is 2.30. The molecule has 1 aromatic carbocycles. The van der Waals surface area contributed by atoms with Gasteiger partial charge in [0.2, 0.25) is 5.91 Å². The third-order valence-corrected chi connectivity index (χ3v) is 4.16. The van der Waals surface area contributed by atoms with Crippen LogP contribution in [-0.2, 0) is 9.53 Å². The summed E-state index contributed by atoms with van der Waals surface area (Å²) in [7, 11) is 0. The van der Waals surface area contributed by atoms with Gasteiger partial charge in [-0.15, -0.1) is 12.4 Å². The number of halogens is 1. The van der Waals surface area contributed by atoms with E-state index >= 15 is 0 Å². The smallest absolute Gasteiger partial charge is 0.239 e. The van der Waals surface area contributed by atoms with Crippen LogP contribution in [-0.4, -0.2) is 43.1 Å². The second-order valence-electron chi connectivity index (χ2n) is 5.56. The van der Waals surface area contributed by atoms with Gasteiger partial charge >= 0.3 is 0 Å². The molecule has 3 rings (SSSR count). The number of piperidine rings is 1. The maximum atomic E-state index is 12.5. The predicted octanol–water partition coefficient (Wildman–Crippen LogP) is 2.15. The van der Waals surface area contributed by atoms with Crippen molar-refractivity contribution >= 4 is 18.3 Å². The van der Waals surface area contributed by atoms with E-state index in [9.17, 15) is 4.79 Å². The van der Waals surface area contributed by atoms with Crippen LogP contribution in [0.2, 0.25) is 0 Å². The van der Waals surface area contributed by atoms with Gasteiger partial charge in [-0.1, -0.05) is 36.8 Å². The van der Waals surface area contributed by atoms with Crippen LogP contribution in [0.15, 0.2) is 30.3 Å². The minimum absolute atomic E-state index is 0. The summed E-state index contributed by atoms with van der Waals surface area (Å²) in [5.41, 5.74) is 1.15. The molecule has 2 fully saturated rings. The number of nitrogens with one attached hydrogen (secondary N) is 1. The maximum Gasteiger partial charge on any atom is 0.239 e. The molecular formula is C16H23ClN2O2. The molecule has 5 heteroatoms. The van der Waals surface area contributed by atoms with E-state index < -0.39 is 0 Å². The van der Waals surface area contributed by atoms with Gasteiger partial charge in [-0.25, -0.2) is 0 Å². The molecule has 116 valence electrons. The molecule has 2 aliphatic heterocycles. The van der Waals surface area contributed by atoms with Crippen LogP contribution in [0, 0.1) is 0 Å². The second-order valence-corrected chi connectivity index (χ2v) is 5.56. The fourth-order valence-electron chi connectivity index (χ4n) is 3.00. The number of benzene rings is 1. The summed E-state index contributed by atoms with van der Waals surface area (Å²) in [6.07, 6.45) is 3.30. The molecule has 1 N–H and O–H groups in total. The molecule has 0 aliphatic carbocycles. The van der Waals surface area contributed by atoms with E-state index in [1.165, 1.54) is 6.42 Å². The molecule has 4 nitrogen and oxygen atoms in total. The SMILES string of the molecule is Cl.O=C(C1CCCCN1)N1CCOC(c2ccccc2)C1. The average molecular weight is 311 g/mol. The predicted molar refractivity (Wildman–Crippen MR) is 84.6 cm³/mol. The van der Waals surface area contributed by atoms with Crippen LogP contribution in [0.5, 0.6) is 0 Å². The summed E-state index contributed by atoms with van der Waals surface area (Å²) in [4.78, 5) is 14.5. The van der Waals surface area contributed by atoms with E-state index in [0.717, 1.165) is 24.9 Å². The van der Waals surface area contributed by atoms with Crippen LogP contribution in [0.4, 0.5) is 0 Å². The van der Waals surface area contributed by atoms with Crippen molar-refractivity contribution in [2.75, 3.05) is 26.2 Å². The molecule has 2 unspecified atom stereocenters. The lowest BCUT2D eigenvalue weighted by atomic mass is 10.0. The Balaban J connectivity index is 0.00000161. The van der Waals surface area contributed by atoms with E-state index in [1.807, 2.05) is 23.1 Å². The number of carbonyl (C=O) groups is 1. The van der Waals surface area contributed by atoms with Crippen LogP contribution in [0.3, 0.4) is 0 Å². The van der Waals surface area contributed by atoms with Crippen molar-refractivity contribution in [3.05, 3.63) is 35.9 Å². The Morgan fingerprint density at radius 1 is 1.24 bits per heavy atom. The van der Waals surface area contributed by atoms with Crippen molar-refractivity contribution in [3.63, 3.8) is 0 Å². The molecule has 1 aromatic rings. The molecular weight excluding hydrogens is 288 g/mol. The van der Waals surface area contributed by atoms with Gasteiger partial charge in [-0.2, -0.15) is 0 Å². The number of morpholine rings is 1. The first-order chi connectivity index (χ1) is 9.84. The molecule has 1 amide bonds. The van der Waals surface area contributed by atoms with Crippen LogP contribution < -0.4 is 5.32 Å². The minimum Gasteiger partial charge on any atom is -0.370 e. The monoisotopic (exact) mass is 310 g/mol.